The molecule has 7 heteroatoms. The minimum absolute atomic E-state index is 0.0290. The highest BCUT2D eigenvalue weighted by Gasteiger charge is 2.23. The lowest BCUT2D eigenvalue weighted by molar-refractivity contribution is -0.385. The topological polar surface area (TPSA) is 92.5 Å². The van der Waals surface area contributed by atoms with Crippen LogP contribution in [0.1, 0.15) is 31.1 Å². The molecular formula is C13H17FN2O4. The number of aliphatic hydroxyl groups is 1. The Bertz CT molecular complexity index is 526. The summed E-state index contributed by atoms with van der Waals surface area (Å²) in [4.78, 5) is 21.5. The lowest BCUT2D eigenvalue weighted by Crippen LogP contribution is -2.39. The summed E-state index contributed by atoms with van der Waals surface area (Å²) in [7, 11) is 0. The fourth-order valence-corrected chi connectivity index (χ4v) is 1.39. The molecule has 0 radical (unpaired) electrons. The van der Waals surface area contributed by atoms with Gasteiger partial charge in [-0.05, 0) is 11.5 Å². The van der Waals surface area contributed by atoms with Gasteiger partial charge in [-0.3, -0.25) is 14.9 Å². The predicted molar refractivity (Wildman–Crippen MR) is 70.8 cm³/mol. The SMILES string of the molecule is CC(C)(C)C(O)CNC(=O)c1ccc([N+](=O)[O-])cc1F. The Balaban J connectivity index is 2.76. The number of amides is 1. The van der Waals surface area contributed by atoms with E-state index in [0.717, 1.165) is 12.1 Å². The zero-order valence-electron chi connectivity index (χ0n) is 11.5. The third kappa shape index (κ3) is 3.99. The van der Waals surface area contributed by atoms with Crippen LogP contribution in [-0.2, 0) is 0 Å². The van der Waals surface area contributed by atoms with Gasteiger partial charge in [-0.2, -0.15) is 0 Å². The number of nitrogens with one attached hydrogen (secondary N) is 1. The molecule has 1 amide bonds. The molecule has 20 heavy (non-hydrogen) atoms. The van der Waals surface area contributed by atoms with E-state index >= 15 is 0 Å². The van der Waals surface area contributed by atoms with Gasteiger partial charge in [0.1, 0.15) is 5.82 Å². The molecule has 0 aliphatic heterocycles. The molecule has 0 heterocycles. The number of hydrogen-bond acceptors (Lipinski definition) is 4. The molecule has 1 aromatic carbocycles. The molecule has 2 N–H and O–H groups in total. The molecule has 0 aliphatic carbocycles. The maximum Gasteiger partial charge on any atom is 0.272 e. The van der Waals surface area contributed by atoms with Gasteiger partial charge in [-0.25, -0.2) is 4.39 Å². The standard InChI is InChI=1S/C13H17FN2O4/c1-13(2,3)11(17)7-15-12(18)9-5-4-8(16(19)20)6-10(9)14/h4-6,11,17H,7H2,1-3H3,(H,15,18). The van der Waals surface area contributed by atoms with Gasteiger partial charge in [0.2, 0.25) is 0 Å². The number of nitrogens with zero attached hydrogens (tertiary/aromatic N) is 1. The second kappa shape index (κ2) is 5.96. The van der Waals surface area contributed by atoms with E-state index in [-0.39, 0.29) is 12.1 Å². The van der Waals surface area contributed by atoms with E-state index in [1.807, 2.05) is 0 Å². The first-order chi connectivity index (χ1) is 9.12. The van der Waals surface area contributed by atoms with E-state index in [1.54, 1.807) is 20.8 Å². The molecule has 0 spiro atoms. The number of aliphatic hydroxyl groups excluding tert-OH is 1. The van der Waals surface area contributed by atoms with Gasteiger partial charge in [0.15, 0.2) is 0 Å². The molecule has 0 aliphatic rings. The minimum Gasteiger partial charge on any atom is -0.391 e. The highest BCUT2D eigenvalue weighted by molar-refractivity contribution is 5.94. The fourth-order valence-electron chi connectivity index (χ4n) is 1.39. The van der Waals surface area contributed by atoms with Crippen LogP contribution in [0.3, 0.4) is 0 Å². The van der Waals surface area contributed by atoms with Gasteiger partial charge in [0, 0.05) is 12.6 Å². The summed E-state index contributed by atoms with van der Waals surface area (Å²) in [6.45, 7) is 5.38. The van der Waals surface area contributed by atoms with Crippen LogP contribution in [0, 0.1) is 21.3 Å². The Morgan fingerprint density at radius 3 is 2.55 bits per heavy atom. The number of hydrogen-bond donors (Lipinski definition) is 2. The number of carbonyl (C=O) groups is 1. The van der Waals surface area contributed by atoms with Crippen LogP contribution >= 0.6 is 0 Å². The Morgan fingerprint density at radius 1 is 1.50 bits per heavy atom. The summed E-state index contributed by atoms with van der Waals surface area (Å²) in [5.41, 5.74) is -1.13. The minimum atomic E-state index is -0.970. The zero-order chi connectivity index (χ0) is 15.5. The van der Waals surface area contributed by atoms with Crippen molar-refractivity contribution < 1.29 is 19.2 Å². The lowest BCUT2D eigenvalue weighted by Gasteiger charge is -2.25. The Kier molecular flexibility index (Phi) is 4.78. The largest absolute Gasteiger partial charge is 0.391 e. The van der Waals surface area contributed by atoms with Crippen molar-refractivity contribution in [1.29, 1.82) is 0 Å². The van der Waals surface area contributed by atoms with Crippen LogP contribution in [0.2, 0.25) is 0 Å². The molecule has 0 saturated heterocycles. The molecular weight excluding hydrogens is 267 g/mol. The number of nitro groups is 1. The van der Waals surface area contributed by atoms with E-state index in [0.29, 0.717) is 6.07 Å². The highest BCUT2D eigenvalue weighted by Crippen LogP contribution is 2.19. The molecule has 0 bridgehead atoms. The second-order valence-corrected chi connectivity index (χ2v) is 5.51. The summed E-state index contributed by atoms with van der Waals surface area (Å²) < 4.78 is 13.6. The van der Waals surface area contributed by atoms with Crippen molar-refractivity contribution in [2.45, 2.75) is 26.9 Å². The molecule has 110 valence electrons. The van der Waals surface area contributed by atoms with Gasteiger partial charge >= 0.3 is 0 Å². The van der Waals surface area contributed by atoms with E-state index in [2.05, 4.69) is 5.32 Å². The van der Waals surface area contributed by atoms with Crippen LogP contribution < -0.4 is 5.32 Å². The zero-order valence-corrected chi connectivity index (χ0v) is 11.5. The van der Waals surface area contributed by atoms with E-state index < -0.39 is 33.9 Å². The van der Waals surface area contributed by atoms with Crippen LogP contribution in [-0.4, -0.2) is 28.6 Å². The van der Waals surface area contributed by atoms with Crippen molar-refractivity contribution in [2.24, 2.45) is 5.41 Å². The second-order valence-electron chi connectivity index (χ2n) is 5.51. The molecule has 1 aromatic rings. The van der Waals surface area contributed by atoms with Crippen molar-refractivity contribution >= 4 is 11.6 Å². The van der Waals surface area contributed by atoms with Crippen molar-refractivity contribution in [2.75, 3.05) is 6.54 Å². The molecule has 0 aromatic heterocycles. The van der Waals surface area contributed by atoms with Crippen LogP contribution in [0.25, 0.3) is 0 Å². The maximum atomic E-state index is 13.6. The smallest absolute Gasteiger partial charge is 0.272 e. The monoisotopic (exact) mass is 284 g/mol. The number of nitro benzene ring substituents is 1. The van der Waals surface area contributed by atoms with E-state index in [1.165, 1.54) is 0 Å². The first kappa shape index (κ1) is 16.0. The first-order valence-electron chi connectivity index (χ1n) is 6.03. The van der Waals surface area contributed by atoms with Crippen molar-refractivity contribution in [3.05, 3.63) is 39.7 Å². The van der Waals surface area contributed by atoms with Gasteiger partial charge in [-0.1, -0.05) is 20.8 Å². The predicted octanol–water partition coefficient (Wildman–Crippen LogP) is 1.87. The molecule has 1 atom stereocenters. The number of halogens is 1. The van der Waals surface area contributed by atoms with E-state index in [9.17, 15) is 24.4 Å². The number of benzene rings is 1. The third-order valence-electron chi connectivity index (χ3n) is 2.86. The molecule has 1 unspecified atom stereocenters. The summed E-state index contributed by atoms with van der Waals surface area (Å²) in [5.74, 6) is -1.69. The lowest BCUT2D eigenvalue weighted by atomic mass is 9.89. The highest BCUT2D eigenvalue weighted by atomic mass is 19.1. The average Bonchev–Trinajstić information content (AvgIpc) is 2.33. The average molecular weight is 284 g/mol. The Morgan fingerprint density at radius 2 is 2.10 bits per heavy atom. The summed E-state index contributed by atoms with van der Waals surface area (Å²) in [6, 6.07) is 2.79. The van der Waals surface area contributed by atoms with Gasteiger partial charge in [0.05, 0.1) is 22.7 Å². The van der Waals surface area contributed by atoms with Crippen molar-refractivity contribution in [1.82, 2.24) is 5.32 Å². The molecule has 0 saturated carbocycles. The van der Waals surface area contributed by atoms with Gasteiger partial charge in [-0.15, -0.1) is 0 Å². The normalized spacial score (nSPS) is 12.8. The van der Waals surface area contributed by atoms with Gasteiger partial charge in [0.25, 0.3) is 11.6 Å². The Hall–Kier alpha value is -2.02. The molecule has 0 fully saturated rings. The quantitative estimate of drug-likeness (QED) is 0.652. The summed E-state index contributed by atoms with van der Waals surface area (Å²) in [5, 5.41) is 22.6. The fraction of sp³-hybridized carbons (Fsp3) is 0.462. The molecule has 1 rings (SSSR count). The van der Waals surface area contributed by atoms with Crippen molar-refractivity contribution in [3.63, 3.8) is 0 Å². The van der Waals surface area contributed by atoms with Crippen LogP contribution in [0.4, 0.5) is 10.1 Å². The number of non-ortho nitro benzene ring substituents is 1. The van der Waals surface area contributed by atoms with Gasteiger partial charge < -0.3 is 10.4 Å². The summed E-state index contributed by atoms with van der Waals surface area (Å²) in [6.07, 6.45) is -0.785. The molecule has 6 nitrogen and oxygen atoms in total. The Labute approximate surface area is 115 Å². The number of carbonyl (C=O) groups excluding carboxylic acids is 1. The maximum absolute atomic E-state index is 13.6. The van der Waals surface area contributed by atoms with Crippen LogP contribution in [0.5, 0.6) is 0 Å². The first-order valence-corrected chi connectivity index (χ1v) is 6.03. The van der Waals surface area contributed by atoms with Crippen molar-refractivity contribution in [3.8, 4) is 0 Å². The van der Waals surface area contributed by atoms with Crippen LogP contribution in [0.15, 0.2) is 18.2 Å². The van der Waals surface area contributed by atoms with E-state index in [4.69, 9.17) is 0 Å². The summed E-state index contributed by atoms with van der Waals surface area (Å²) >= 11 is 0. The number of rotatable bonds is 4. The third-order valence-corrected chi connectivity index (χ3v) is 2.86.